The molecule has 3 N–H and O–H groups in total. The summed E-state index contributed by atoms with van der Waals surface area (Å²) in [5.41, 5.74) is 3.50. The van der Waals surface area contributed by atoms with Crippen LogP contribution in [0.15, 0.2) is 36.4 Å². The number of benzene rings is 2. The molecule has 28 heavy (non-hydrogen) atoms. The van der Waals surface area contributed by atoms with Gasteiger partial charge >= 0.3 is 6.03 Å². The minimum absolute atomic E-state index is 0.0401. The van der Waals surface area contributed by atoms with Crippen molar-refractivity contribution in [2.24, 2.45) is 0 Å². The second-order valence-corrected chi connectivity index (χ2v) is 6.86. The summed E-state index contributed by atoms with van der Waals surface area (Å²) < 4.78 is 5.03. The highest BCUT2D eigenvalue weighted by atomic mass is 16.5. The maximum absolute atomic E-state index is 12.4. The Hall–Kier alpha value is -3.06. The third kappa shape index (κ3) is 5.47. The highest BCUT2D eigenvalue weighted by Gasteiger charge is 2.21. The van der Waals surface area contributed by atoms with Crippen molar-refractivity contribution < 1.29 is 19.4 Å². The van der Waals surface area contributed by atoms with Crippen LogP contribution in [0.25, 0.3) is 0 Å². The van der Waals surface area contributed by atoms with Crippen LogP contribution in [0.5, 0.6) is 11.5 Å². The minimum atomic E-state index is -0.570. The van der Waals surface area contributed by atoms with Crippen molar-refractivity contribution in [1.82, 2.24) is 10.2 Å². The Bertz CT molecular complexity index is 867. The molecule has 150 valence electrons. The molecule has 0 saturated heterocycles. The van der Waals surface area contributed by atoms with Crippen molar-refractivity contribution in [3.05, 3.63) is 53.1 Å². The molecule has 0 aliphatic rings. The highest BCUT2D eigenvalue weighted by molar-refractivity contribution is 6.03. The number of rotatable bonds is 6. The van der Waals surface area contributed by atoms with E-state index in [1.54, 1.807) is 37.1 Å². The molecule has 0 aromatic heterocycles. The molecule has 3 amide bonds. The Morgan fingerprint density at radius 3 is 2.50 bits per heavy atom. The number of hydrogen-bond donors (Lipinski definition) is 3. The van der Waals surface area contributed by atoms with Crippen molar-refractivity contribution in [3.8, 4) is 11.5 Å². The number of likely N-dealkylation sites (N-methyl/N-ethyl adjacent to an activating group) is 1. The molecule has 0 spiro atoms. The minimum Gasteiger partial charge on any atom is -0.504 e. The molecule has 7 heteroatoms. The van der Waals surface area contributed by atoms with Gasteiger partial charge in [0, 0.05) is 12.2 Å². The molecule has 0 aliphatic heterocycles. The van der Waals surface area contributed by atoms with Gasteiger partial charge in [0.1, 0.15) is 0 Å². The van der Waals surface area contributed by atoms with Crippen molar-refractivity contribution in [2.75, 3.05) is 19.5 Å². The zero-order valence-electron chi connectivity index (χ0n) is 16.9. The molecule has 0 fully saturated rings. The first kappa shape index (κ1) is 21.2. The molecule has 1 atom stereocenters. The molecule has 0 heterocycles. The van der Waals surface area contributed by atoms with Gasteiger partial charge in [0.2, 0.25) is 5.91 Å². The van der Waals surface area contributed by atoms with Gasteiger partial charge in [-0.15, -0.1) is 0 Å². The molecule has 0 aliphatic carbocycles. The van der Waals surface area contributed by atoms with Crippen LogP contribution >= 0.6 is 0 Å². The van der Waals surface area contributed by atoms with Crippen molar-refractivity contribution in [1.29, 1.82) is 0 Å². The molecular formula is C21H27N3O4. The summed E-state index contributed by atoms with van der Waals surface area (Å²) in [6.07, 6.45) is 0. The van der Waals surface area contributed by atoms with E-state index in [0.717, 1.165) is 16.7 Å². The lowest BCUT2D eigenvalue weighted by Crippen LogP contribution is -2.46. The molecule has 2 rings (SSSR count). The Morgan fingerprint density at radius 2 is 1.89 bits per heavy atom. The summed E-state index contributed by atoms with van der Waals surface area (Å²) in [6, 6.07) is 9.61. The van der Waals surface area contributed by atoms with E-state index in [4.69, 9.17) is 4.74 Å². The third-order valence-electron chi connectivity index (χ3n) is 4.58. The van der Waals surface area contributed by atoms with E-state index in [1.165, 1.54) is 7.11 Å². The number of aromatic hydroxyl groups is 1. The number of hydrogen-bond acceptors (Lipinski definition) is 5. The van der Waals surface area contributed by atoms with Crippen LogP contribution < -0.4 is 15.4 Å². The Balaban J connectivity index is 1.93. The summed E-state index contributed by atoms with van der Waals surface area (Å²) in [5.74, 6) is 0.0149. The van der Waals surface area contributed by atoms with Crippen LogP contribution in [0.2, 0.25) is 0 Å². The monoisotopic (exact) mass is 385 g/mol. The average molecular weight is 385 g/mol. The first-order valence-electron chi connectivity index (χ1n) is 8.96. The fourth-order valence-corrected chi connectivity index (χ4v) is 2.78. The number of phenols is 1. The Kier molecular flexibility index (Phi) is 7.00. The predicted molar refractivity (Wildman–Crippen MR) is 109 cm³/mol. The van der Waals surface area contributed by atoms with E-state index in [0.29, 0.717) is 18.0 Å². The normalized spacial score (nSPS) is 11.8. The van der Waals surface area contributed by atoms with Gasteiger partial charge in [0.25, 0.3) is 0 Å². The first-order chi connectivity index (χ1) is 13.2. The lowest BCUT2D eigenvalue weighted by molar-refractivity contribution is -0.124. The second kappa shape index (κ2) is 9.23. The smallest absolute Gasteiger partial charge is 0.325 e. The Labute approximate surface area is 165 Å². The van der Waals surface area contributed by atoms with Gasteiger partial charge in [0.15, 0.2) is 11.5 Å². The van der Waals surface area contributed by atoms with Crippen molar-refractivity contribution in [3.63, 3.8) is 0 Å². The van der Waals surface area contributed by atoms with Crippen LogP contribution in [0.4, 0.5) is 10.5 Å². The number of carbonyl (C=O) groups is 2. The number of anilines is 1. The number of nitrogens with zero attached hydrogens (tertiary/aromatic N) is 1. The quantitative estimate of drug-likeness (QED) is 0.710. The summed E-state index contributed by atoms with van der Waals surface area (Å²) in [5, 5.41) is 14.9. The van der Waals surface area contributed by atoms with Crippen molar-refractivity contribution in [2.45, 2.75) is 33.4 Å². The number of nitrogens with one attached hydrogen (secondary N) is 2. The summed E-state index contributed by atoms with van der Waals surface area (Å²) in [4.78, 5) is 26.3. The van der Waals surface area contributed by atoms with Gasteiger partial charge < -0.3 is 15.2 Å². The van der Waals surface area contributed by atoms with E-state index in [2.05, 4.69) is 10.6 Å². The van der Waals surface area contributed by atoms with Crippen LogP contribution in [-0.4, -0.2) is 42.1 Å². The maximum atomic E-state index is 12.4. The summed E-state index contributed by atoms with van der Waals surface area (Å²) in [7, 11) is 3.25. The number of urea groups is 1. The summed E-state index contributed by atoms with van der Waals surface area (Å²) >= 11 is 0. The number of imide groups is 1. The molecule has 2 aromatic carbocycles. The lowest BCUT2D eigenvalue weighted by atomic mass is 10.1. The van der Waals surface area contributed by atoms with Crippen LogP contribution in [-0.2, 0) is 11.3 Å². The van der Waals surface area contributed by atoms with Gasteiger partial charge in [-0.05, 0) is 57.1 Å². The van der Waals surface area contributed by atoms with Gasteiger partial charge in [-0.3, -0.25) is 15.0 Å². The highest BCUT2D eigenvalue weighted by Crippen LogP contribution is 2.26. The molecule has 2 aromatic rings. The number of aryl methyl sites for hydroxylation is 2. The standard InChI is InChI=1S/C21H27N3O4/c1-13-6-8-17(14(2)10-13)22-21(27)23-20(26)15(3)24(4)12-16-7-9-19(28-5)18(25)11-16/h6-11,15,25H,12H2,1-5H3,(H2,22,23,26,27)/t15-/m0/s1. The van der Waals surface area contributed by atoms with Crippen molar-refractivity contribution >= 4 is 17.6 Å². The fourth-order valence-electron chi connectivity index (χ4n) is 2.78. The number of carbonyl (C=O) groups excluding carboxylic acids is 2. The molecule has 0 radical (unpaired) electrons. The van der Waals surface area contributed by atoms with Crippen LogP contribution in [0.1, 0.15) is 23.6 Å². The van der Waals surface area contributed by atoms with E-state index in [1.807, 2.05) is 32.0 Å². The van der Waals surface area contributed by atoms with Crippen LogP contribution in [0, 0.1) is 13.8 Å². The zero-order valence-corrected chi connectivity index (χ0v) is 16.9. The summed E-state index contributed by atoms with van der Waals surface area (Å²) in [6.45, 7) is 6.00. The SMILES string of the molecule is COc1ccc(CN(C)[C@@H](C)C(=O)NC(=O)Nc2ccc(C)cc2C)cc1O. The van der Waals surface area contributed by atoms with E-state index >= 15 is 0 Å². The van der Waals surface area contributed by atoms with E-state index in [-0.39, 0.29) is 5.75 Å². The van der Waals surface area contributed by atoms with Gasteiger partial charge in [0.05, 0.1) is 13.2 Å². The van der Waals surface area contributed by atoms with E-state index < -0.39 is 18.0 Å². The zero-order chi connectivity index (χ0) is 20.8. The lowest BCUT2D eigenvalue weighted by Gasteiger charge is -2.24. The molecule has 0 unspecified atom stereocenters. The molecular weight excluding hydrogens is 358 g/mol. The maximum Gasteiger partial charge on any atom is 0.325 e. The number of methoxy groups -OCH3 is 1. The number of phenolic OH excluding ortho intramolecular Hbond substituents is 1. The Morgan fingerprint density at radius 1 is 1.18 bits per heavy atom. The topological polar surface area (TPSA) is 90.9 Å². The van der Waals surface area contributed by atoms with Gasteiger partial charge in [-0.1, -0.05) is 23.8 Å². The van der Waals surface area contributed by atoms with Gasteiger partial charge in [-0.2, -0.15) is 0 Å². The number of ether oxygens (including phenoxy) is 1. The molecule has 7 nitrogen and oxygen atoms in total. The first-order valence-corrected chi connectivity index (χ1v) is 8.96. The van der Waals surface area contributed by atoms with Gasteiger partial charge in [-0.25, -0.2) is 4.79 Å². The largest absolute Gasteiger partial charge is 0.504 e. The molecule has 0 bridgehead atoms. The second-order valence-electron chi connectivity index (χ2n) is 6.86. The van der Waals surface area contributed by atoms with Crippen LogP contribution in [0.3, 0.4) is 0 Å². The fraction of sp³-hybridized carbons (Fsp3) is 0.333. The third-order valence-corrected chi connectivity index (χ3v) is 4.58. The predicted octanol–water partition coefficient (Wildman–Crippen LogP) is 3.19. The van der Waals surface area contributed by atoms with E-state index in [9.17, 15) is 14.7 Å². The molecule has 0 saturated carbocycles. The average Bonchev–Trinajstić information content (AvgIpc) is 2.63. The number of amides is 3.